The lowest BCUT2D eigenvalue weighted by Crippen LogP contribution is -2.37. The highest BCUT2D eigenvalue weighted by molar-refractivity contribution is 7.18. The van der Waals surface area contributed by atoms with Gasteiger partial charge in [-0.05, 0) is 44.6 Å². The van der Waals surface area contributed by atoms with Crippen molar-refractivity contribution in [3.63, 3.8) is 0 Å². The SMILES string of the molecule is CCCCCC(C)NC(=O)Cn1cnc2sc3c(c2c1=O)CCCC3. The summed E-state index contributed by atoms with van der Waals surface area (Å²) >= 11 is 1.64. The zero-order valence-corrected chi connectivity index (χ0v) is 16.0. The first-order chi connectivity index (χ1) is 12.1. The number of rotatable bonds is 7. The van der Waals surface area contributed by atoms with E-state index in [0.29, 0.717) is 0 Å². The molecule has 0 fully saturated rings. The second-order valence-corrected chi connectivity index (χ2v) is 8.12. The molecular weight excluding hydrogens is 334 g/mol. The molecule has 0 spiro atoms. The lowest BCUT2D eigenvalue weighted by Gasteiger charge is -2.14. The molecule has 0 saturated heterocycles. The van der Waals surface area contributed by atoms with Gasteiger partial charge in [0, 0.05) is 10.9 Å². The maximum atomic E-state index is 12.8. The van der Waals surface area contributed by atoms with Crippen molar-refractivity contribution in [2.75, 3.05) is 0 Å². The highest BCUT2D eigenvalue weighted by Crippen LogP contribution is 2.33. The van der Waals surface area contributed by atoms with Crippen LogP contribution in [0.2, 0.25) is 0 Å². The Labute approximate surface area is 152 Å². The number of hydrogen-bond acceptors (Lipinski definition) is 4. The summed E-state index contributed by atoms with van der Waals surface area (Å²) in [5.74, 6) is -0.114. The Hall–Kier alpha value is -1.69. The Morgan fingerprint density at radius 1 is 1.36 bits per heavy atom. The Bertz CT molecular complexity index is 809. The predicted molar refractivity (Wildman–Crippen MR) is 102 cm³/mol. The molecule has 0 aromatic carbocycles. The number of nitrogens with one attached hydrogen (secondary N) is 1. The molecule has 0 radical (unpaired) electrons. The van der Waals surface area contributed by atoms with Crippen LogP contribution in [-0.2, 0) is 24.2 Å². The molecule has 2 aromatic rings. The Kier molecular flexibility index (Phi) is 5.89. The van der Waals surface area contributed by atoms with Crippen LogP contribution in [0.25, 0.3) is 10.2 Å². The van der Waals surface area contributed by atoms with Gasteiger partial charge < -0.3 is 5.32 Å². The molecule has 1 aliphatic carbocycles. The van der Waals surface area contributed by atoms with Crippen LogP contribution < -0.4 is 10.9 Å². The second kappa shape index (κ2) is 8.13. The number of aromatic nitrogens is 2. The zero-order valence-electron chi connectivity index (χ0n) is 15.1. The Morgan fingerprint density at radius 3 is 2.96 bits per heavy atom. The Balaban J connectivity index is 1.72. The van der Waals surface area contributed by atoms with Crippen LogP contribution in [0.5, 0.6) is 0 Å². The number of unbranched alkanes of at least 4 members (excludes halogenated alkanes) is 2. The molecular formula is C19H27N3O2S. The number of aryl methyl sites for hydroxylation is 2. The first-order valence-corrected chi connectivity index (χ1v) is 10.2. The number of fused-ring (bicyclic) bond motifs is 3. The first-order valence-electron chi connectivity index (χ1n) is 9.39. The average Bonchev–Trinajstić information content (AvgIpc) is 2.97. The number of carbonyl (C=O) groups excluding carboxylic acids is 1. The minimum atomic E-state index is -0.114. The Morgan fingerprint density at radius 2 is 2.16 bits per heavy atom. The third-order valence-electron chi connectivity index (χ3n) is 4.90. The van der Waals surface area contributed by atoms with Crippen molar-refractivity contribution in [2.24, 2.45) is 0 Å². The van der Waals surface area contributed by atoms with E-state index < -0.39 is 0 Å². The summed E-state index contributed by atoms with van der Waals surface area (Å²) < 4.78 is 1.46. The highest BCUT2D eigenvalue weighted by Gasteiger charge is 2.20. The van der Waals surface area contributed by atoms with Crippen LogP contribution in [0.4, 0.5) is 0 Å². The lowest BCUT2D eigenvalue weighted by atomic mass is 9.97. The topological polar surface area (TPSA) is 64.0 Å². The van der Waals surface area contributed by atoms with Crippen LogP contribution >= 0.6 is 11.3 Å². The molecule has 0 saturated carbocycles. The third kappa shape index (κ3) is 4.11. The molecule has 2 heterocycles. The van der Waals surface area contributed by atoms with Gasteiger partial charge in [0.15, 0.2) is 0 Å². The molecule has 0 bridgehead atoms. The fourth-order valence-electron chi connectivity index (χ4n) is 3.54. The highest BCUT2D eigenvalue weighted by atomic mass is 32.1. The predicted octanol–water partition coefficient (Wildman–Crippen LogP) is 3.42. The minimum Gasteiger partial charge on any atom is -0.352 e. The van der Waals surface area contributed by atoms with Gasteiger partial charge in [-0.25, -0.2) is 4.98 Å². The van der Waals surface area contributed by atoms with Crippen molar-refractivity contribution in [1.29, 1.82) is 0 Å². The van der Waals surface area contributed by atoms with E-state index in [1.54, 1.807) is 11.3 Å². The van der Waals surface area contributed by atoms with Crippen LogP contribution in [0, 0.1) is 0 Å². The summed E-state index contributed by atoms with van der Waals surface area (Å²) in [5, 5.41) is 3.74. The second-order valence-electron chi connectivity index (χ2n) is 7.03. The average molecular weight is 362 g/mol. The van der Waals surface area contributed by atoms with E-state index in [1.165, 1.54) is 40.6 Å². The van der Waals surface area contributed by atoms with Crippen molar-refractivity contribution in [2.45, 2.75) is 77.8 Å². The molecule has 5 nitrogen and oxygen atoms in total. The first kappa shape index (κ1) is 18.1. The number of nitrogens with zero attached hydrogens (tertiary/aromatic N) is 2. The van der Waals surface area contributed by atoms with E-state index in [4.69, 9.17) is 0 Å². The standard InChI is InChI=1S/C19H27N3O2S/c1-3-4-5-8-13(2)21-16(23)11-22-12-20-18-17(19(22)24)14-9-6-7-10-15(14)25-18/h12-13H,3-11H2,1-2H3,(H,21,23). The summed E-state index contributed by atoms with van der Waals surface area (Å²) in [7, 11) is 0. The summed E-state index contributed by atoms with van der Waals surface area (Å²) in [4.78, 5) is 31.7. The summed E-state index contributed by atoms with van der Waals surface area (Å²) in [5.41, 5.74) is 1.10. The molecule has 6 heteroatoms. The summed E-state index contributed by atoms with van der Waals surface area (Å²) in [6.07, 6.45) is 10.3. The summed E-state index contributed by atoms with van der Waals surface area (Å²) in [6, 6.07) is 0.139. The largest absolute Gasteiger partial charge is 0.352 e. The van der Waals surface area contributed by atoms with E-state index in [2.05, 4.69) is 17.2 Å². The van der Waals surface area contributed by atoms with Gasteiger partial charge in [-0.3, -0.25) is 14.2 Å². The number of thiophene rings is 1. The normalized spacial score (nSPS) is 15.1. The van der Waals surface area contributed by atoms with Gasteiger partial charge in [0.2, 0.25) is 5.91 Å². The van der Waals surface area contributed by atoms with Crippen molar-refractivity contribution in [3.05, 3.63) is 27.1 Å². The maximum absolute atomic E-state index is 12.8. The smallest absolute Gasteiger partial charge is 0.262 e. The van der Waals surface area contributed by atoms with Crippen LogP contribution in [0.3, 0.4) is 0 Å². The van der Waals surface area contributed by atoms with Crippen LogP contribution in [0.15, 0.2) is 11.1 Å². The van der Waals surface area contributed by atoms with Gasteiger partial charge in [0.25, 0.3) is 5.56 Å². The van der Waals surface area contributed by atoms with Crippen molar-refractivity contribution < 1.29 is 4.79 Å². The van der Waals surface area contributed by atoms with Gasteiger partial charge in [0.05, 0.1) is 11.7 Å². The molecule has 3 rings (SSSR count). The van der Waals surface area contributed by atoms with Gasteiger partial charge in [-0.2, -0.15) is 0 Å². The van der Waals surface area contributed by atoms with Gasteiger partial charge in [-0.1, -0.05) is 26.2 Å². The molecule has 1 atom stereocenters. The van der Waals surface area contributed by atoms with E-state index in [1.807, 2.05) is 6.92 Å². The number of carbonyl (C=O) groups is 1. The molecule has 1 aliphatic rings. The van der Waals surface area contributed by atoms with Crippen molar-refractivity contribution in [1.82, 2.24) is 14.9 Å². The van der Waals surface area contributed by atoms with Crippen LogP contribution in [-0.4, -0.2) is 21.5 Å². The monoisotopic (exact) mass is 361 g/mol. The van der Waals surface area contributed by atoms with Gasteiger partial charge >= 0.3 is 0 Å². The van der Waals surface area contributed by atoms with Gasteiger partial charge in [-0.15, -0.1) is 11.3 Å². The van der Waals surface area contributed by atoms with Crippen LogP contribution in [0.1, 0.15) is 62.8 Å². The van der Waals surface area contributed by atoms with E-state index in [9.17, 15) is 9.59 Å². The van der Waals surface area contributed by atoms with Crippen molar-refractivity contribution in [3.8, 4) is 0 Å². The third-order valence-corrected chi connectivity index (χ3v) is 6.10. The van der Waals surface area contributed by atoms with Crippen molar-refractivity contribution >= 4 is 27.5 Å². The molecule has 1 unspecified atom stereocenters. The fraction of sp³-hybridized carbons (Fsp3) is 0.632. The molecule has 0 aliphatic heterocycles. The zero-order chi connectivity index (χ0) is 17.8. The fourth-order valence-corrected chi connectivity index (χ4v) is 4.76. The molecule has 136 valence electrons. The number of amides is 1. The molecule has 1 N–H and O–H groups in total. The molecule has 25 heavy (non-hydrogen) atoms. The maximum Gasteiger partial charge on any atom is 0.262 e. The minimum absolute atomic E-state index is 0.0461. The molecule has 1 amide bonds. The van der Waals surface area contributed by atoms with E-state index in [0.717, 1.165) is 42.3 Å². The number of hydrogen-bond donors (Lipinski definition) is 1. The summed E-state index contributed by atoms with van der Waals surface area (Å²) in [6.45, 7) is 4.24. The quantitative estimate of drug-likeness (QED) is 0.769. The van der Waals surface area contributed by atoms with E-state index in [-0.39, 0.29) is 24.1 Å². The lowest BCUT2D eigenvalue weighted by molar-refractivity contribution is -0.122. The van der Waals surface area contributed by atoms with E-state index >= 15 is 0 Å². The molecule has 2 aromatic heterocycles. The van der Waals surface area contributed by atoms with Gasteiger partial charge in [0.1, 0.15) is 11.4 Å².